The molecule has 0 aromatic heterocycles. The second-order valence-corrected chi connectivity index (χ2v) is 9.95. The van der Waals surface area contributed by atoms with Crippen molar-refractivity contribution in [2.45, 2.75) is 64.0 Å². The molecule has 1 aliphatic carbocycles. The molecular formula is C28H31FN4O3. The Balaban J connectivity index is 1.09. The summed E-state index contributed by atoms with van der Waals surface area (Å²) in [6, 6.07) is 12.4. The third kappa shape index (κ3) is 6.04. The van der Waals surface area contributed by atoms with Crippen molar-refractivity contribution in [3.05, 3.63) is 70.5 Å². The number of aliphatic imine (C=N–C) groups is 1. The molecule has 1 amide bonds. The smallest absolute Gasteiger partial charge is 0.410 e. The molecular weight excluding hydrogens is 459 g/mol. The van der Waals surface area contributed by atoms with Gasteiger partial charge in [-0.15, -0.1) is 5.11 Å². The van der Waals surface area contributed by atoms with E-state index in [9.17, 15) is 14.0 Å². The number of amidine groups is 1. The molecule has 2 aromatic rings. The first kappa shape index (κ1) is 24.3. The summed E-state index contributed by atoms with van der Waals surface area (Å²) in [7, 11) is 0. The Morgan fingerprint density at radius 1 is 1.03 bits per heavy atom. The van der Waals surface area contributed by atoms with Gasteiger partial charge in [0, 0.05) is 32.4 Å². The van der Waals surface area contributed by atoms with Gasteiger partial charge in [0.1, 0.15) is 23.5 Å². The van der Waals surface area contributed by atoms with Crippen LogP contribution in [0.15, 0.2) is 57.7 Å². The van der Waals surface area contributed by atoms with Gasteiger partial charge in [-0.1, -0.05) is 36.4 Å². The van der Waals surface area contributed by atoms with Crippen molar-refractivity contribution in [1.29, 1.82) is 0 Å². The number of rotatable bonds is 7. The van der Waals surface area contributed by atoms with Crippen LogP contribution in [0.1, 0.15) is 54.4 Å². The SMILES string of the molecule is O=C(Cc1ccc2c(c1)CCN(C(=O)OC1CCC(CC3=NCN=N3)CC1)C2)Cc1ccccc1F. The van der Waals surface area contributed by atoms with E-state index in [1.54, 1.807) is 23.1 Å². The lowest BCUT2D eigenvalue weighted by Crippen LogP contribution is -2.39. The molecule has 3 aliphatic rings. The van der Waals surface area contributed by atoms with Gasteiger partial charge in [0.2, 0.25) is 0 Å². The predicted molar refractivity (Wildman–Crippen MR) is 133 cm³/mol. The van der Waals surface area contributed by atoms with E-state index in [1.807, 2.05) is 18.2 Å². The van der Waals surface area contributed by atoms with Crippen molar-refractivity contribution in [3.63, 3.8) is 0 Å². The summed E-state index contributed by atoms with van der Waals surface area (Å²) in [6.45, 7) is 1.56. The Bertz CT molecular complexity index is 1190. The Kier molecular flexibility index (Phi) is 7.49. The standard InChI is InChI=1S/C28H31FN4O3/c29-26-4-2-1-3-22(26)16-24(34)14-20-5-8-23-17-33(12-11-21(23)13-20)28(35)36-25-9-6-19(7-10-25)15-27-30-18-31-32-27/h1-5,8,13,19,25H,6-7,9-12,14-18H2. The molecule has 7 nitrogen and oxygen atoms in total. The van der Waals surface area contributed by atoms with Gasteiger partial charge in [-0.05, 0) is 66.3 Å². The van der Waals surface area contributed by atoms with Gasteiger partial charge in [0.25, 0.3) is 0 Å². The molecule has 0 saturated heterocycles. The third-order valence-electron chi connectivity index (χ3n) is 7.32. The number of hydrogen-bond acceptors (Lipinski definition) is 6. The number of ketones is 1. The quantitative estimate of drug-likeness (QED) is 0.518. The van der Waals surface area contributed by atoms with E-state index in [4.69, 9.17) is 4.74 Å². The van der Waals surface area contributed by atoms with Gasteiger partial charge in [0.15, 0.2) is 6.67 Å². The van der Waals surface area contributed by atoms with E-state index in [1.165, 1.54) is 6.07 Å². The molecule has 0 unspecified atom stereocenters. The lowest BCUT2D eigenvalue weighted by Gasteiger charge is -2.32. The van der Waals surface area contributed by atoms with Gasteiger partial charge in [-0.3, -0.25) is 4.79 Å². The van der Waals surface area contributed by atoms with Crippen molar-refractivity contribution < 1.29 is 18.7 Å². The average molecular weight is 491 g/mol. The Morgan fingerprint density at radius 2 is 1.86 bits per heavy atom. The van der Waals surface area contributed by atoms with E-state index >= 15 is 0 Å². The van der Waals surface area contributed by atoms with Gasteiger partial charge >= 0.3 is 6.09 Å². The number of carbonyl (C=O) groups is 2. The molecule has 36 heavy (non-hydrogen) atoms. The Labute approximate surface area is 210 Å². The highest BCUT2D eigenvalue weighted by Gasteiger charge is 2.28. The first-order valence-corrected chi connectivity index (χ1v) is 12.8. The molecule has 0 radical (unpaired) electrons. The number of azo groups is 1. The summed E-state index contributed by atoms with van der Waals surface area (Å²) >= 11 is 0. The third-order valence-corrected chi connectivity index (χ3v) is 7.32. The normalized spacial score (nSPS) is 21.1. The number of benzene rings is 2. The van der Waals surface area contributed by atoms with Crippen LogP contribution in [-0.2, 0) is 35.3 Å². The molecule has 2 aliphatic heterocycles. The number of carbonyl (C=O) groups excluding carboxylic acids is 2. The highest BCUT2D eigenvalue weighted by molar-refractivity contribution is 5.84. The van der Waals surface area contributed by atoms with Crippen LogP contribution in [0.25, 0.3) is 0 Å². The summed E-state index contributed by atoms with van der Waals surface area (Å²) in [6.07, 6.45) is 5.42. The summed E-state index contributed by atoms with van der Waals surface area (Å²) in [5.41, 5.74) is 3.59. The zero-order valence-corrected chi connectivity index (χ0v) is 20.4. The van der Waals surface area contributed by atoms with Crippen LogP contribution in [-0.4, -0.2) is 41.9 Å². The van der Waals surface area contributed by atoms with Crippen molar-refractivity contribution in [1.82, 2.24) is 4.90 Å². The number of nitrogens with zero attached hydrogens (tertiary/aromatic N) is 4. The molecule has 188 valence electrons. The number of fused-ring (bicyclic) bond motifs is 1. The van der Waals surface area contributed by atoms with Gasteiger partial charge in [-0.2, -0.15) is 5.11 Å². The molecule has 1 fully saturated rings. The van der Waals surface area contributed by atoms with Crippen LogP contribution in [0.5, 0.6) is 0 Å². The molecule has 8 heteroatoms. The molecule has 0 atom stereocenters. The molecule has 1 saturated carbocycles. The van der Waals surface area contributed by atoms with Crippen molar-refractivity contribution in [3.8, 4) is 0 Å². The average Bonchev–Trinajstić information content (AvgIpc) is 3.39. The first-order valence-electron chi connectivity index (χ1n) is 12.8. The molecule has 2 aromatic carbocycles. The number of halogens is 1. The highest BCUT2D eigenvalue weighted by Crippen LogP contribution is 2.30. The van der Waals surface area contributed by atoms with E-state index < -0.39 is 0 Å². The second kappa shape index (κ2) is 11.1. The fourth-order valence-electron chi connectivity index (χ4n) is 5.31. The largest absolute Gasteiger partial charge is 0.446 e. The fourth-order valence-corrected chi connectivity index (χ4v) is 5.31. The maximum atomic E-state index is 13.8. The molecule has 0 spiro atoms. The molecule has 0 N–H and O–H groups in total. The Morgan fingerprint density at radius 3 is 2.64 bits per heavy atom. The minimum Gasteiger partial charge on any atom is -0.446 e. The van der Waals surface area contributed by atoms with E-state index in [-0.39, 0.29) is 36.6 Å². The number of ether oxygens (including phenoxy) is 1. The summed E-state index contributed by atoms with van der Waals surface area (Å²) in [5, 5.41) is 7.98. The maximum absolute atomic E-state index is 13.8. The molecule has 0 bridgehead atoms. The predicted octanol–water partition coefficient (Wildman–Crippen LogP) is 5.45. The van der Waals surface area contributed by atoms with Gasteiger partial charge < -0.3 is 9.64 Å². The lowest BCUT2D eigenvalue weighted by molar-refractivity contribution is -0.117. The topological polar surface area (TPSA) is 83.7 Å². The minimum absolute atomic E-state index is 0.0172. The Hall–Kier alpha value is -3.42. The van der Waals surface area contributed by atoms with Crippen LogP contribution in [0.4, 0.5) is 9.18 Å². The van der Waals surface area contributed by atoms with Crippen LogP contribution in [0.2, 0.25) is 0 Å². The fraction of sp³-hybridized carbons (Fsp3) is 0.464. The maximum Gasteiger partial charge on any atom is 0.410 e. The van der Waals surface area contributed by atoms with Crippen LogP contribution >= 0.6 is 0 Å². The highest BCUT2D eigenvalue weighted by atomic mass is 19.1. The van der Waals surface area contributed by atoms with E-state index in [0.717, 1.165) is 61.1 Å². The zero-order valence-electron chi connectivity index (χ0n) is 20.4. The van der Waals surface area contributed by atoms with E-state index in [0.29, 0.717) is 31.2 Å². The molecule has 5 rings (SSSR count). The number of Topliss-reactive ketones (excluding diaryl/α,β-unsaturated/α-hetero) is 1. The zero-order chi connectivity index (χ0) is 24.9. The van der Waals surface area contributed by atoms with Crippen molar-refractivity contribution in [2.24, 2.45) is 21.1 Å². The van der Waals surface area contributed by atoms with Gasteiger partial charge in [-0.25, -0.2) is 14.2 Å². The van der Waals surface area contributed by atoms with Crippen LogP contribution in [0, 0.1) is 11.7 Å². The summed E-state index contributed by atoms with van der Waals surface area (Å²) in [4.78, 5) is 31.4. The van der Waals surface area contributed by atoms with Crippen molar-refractivity contribution >= 4 is 17.7 Å². The summed E-state index contributed by atoms with van der Waals surface area (Å²) in [5.74, 6) is 1.02. The van der Waals surface area contributed by atoms with Crippen LogP contribution < -0.4 is 0 Å². The molecule has 2 heterocycles. The number of amides is 1. The lowest BCUT2D eigenvalue weighted by atomic mass is 9.85. The number of hydrogen-bond donors (Lipinski definition) is 0. The summed E-state index contributed by atoms with van der Waals surface area (Å²) < 4.78 is 19.7. The van der Waals surface area contributed by atoms with Crippen molar-refractivity contribution in [2.75, 3.05) is 13.2 Å². The first-order chi connectivity index (χ1) is 17.5. The second-order valence-electron chi connectivity index (χ2n) is 9.95. The van der Waals surface area contributed by atoms with E-state index in [2.05, 4.69) is 15.2 Å². The monoisotopic (exact) mass is 490 g/mol. The minimum atomic E-state index is -0.345. The van der Waals surface area contributed by atoms with Gasteiger partial charge in [0.05, 0.1) is 0 Å². The van der Waals surface area contributed by atoms with Crippen LogP contribution in [0.3, 0.4) is 0 Å².